The quantitative estimate of drug-likeness (QED) is 0.855. The second-order valence-corrected chi connectivity index (χ2v) is 6.05. The van der Waals surface area contributed by atoms with E-state index in [1.165, 1.54) is 53.4 Å². The Labute approximate surface area is 115 Å². The van der Waals surface area contributed by atoms with Gasteiger partial charge in [0, 0.05) is 22.5 Å². The third-order valence-electron chi connectivity index (χ3n) is 4.87. The molecule has 0 spiro atoms. The number of hydrogen-bond donors (Lipinski definition) is 2. The maximum Gasteiger partial charge on any atom is 0.0488 e. The molecule has 2 aromatic rings. The predicted molar refractivity (Wildman–Crippen MR) is 81.5 cm³/mol. The molecule has 1 saturated carbocycles. The Morgan fingerprint density at radius 1 is 1.26 bits per heavy atom. The van der Waals surface area contributed by atoms with E-state index in [4.69, 9.17) is 5.73 Å². The minimum atomic E-state index is 0.526. The van der Waals surface area contributed by atoms with Crippen LogP contribution in [-0.4, -0.2) is 11.5 Å². The van der Waals surface area contributed by atoms with E-state index in [9.17, 15) is 0 Å². The van der Waals surface area contributed by atoms with Crippen molar-refractivity contribution in [3.8, 4) is 0 Å². The lowest BCUT2D eigenvalue weighted by Crippen LogP contribution is -2.20. The number of H-pyrrole nitrogens is 1. The largest absolute Gasteiger partial charge is 0.358 e. The predicted octanol–water partition coefficient (Wildman–Crippen LogP) is 4.02. The Morgan fingerprint density at radius 2 is 2.00 bits per heavy atom. The SMILES string of the molecule is Cc1[nH]c2c(C)cccc2c1C(CN)C1CCCC1. The zero-order valence-electron chi connectivity index (χ0n) is 12.0. The molecule has 1 atom stereocenters. The molecule has 1 heterocycles. The van der Waals surface area contributed by atoms with Gasteiger partial charge in [0.05, 0.1) is 0 Å². The van der Waals surface area contributed by atoms with Crippen LogP contribution in [0.5, 0.6) is 0 Å². The lowest BCUT2D eigenvalue weighted by Gasteiger charge is -2.22. The van der Waals surface area contributed by atoms with Crippen LogP contribution in [0.3, 0.4) is 0 Å². The number of aryl methyl sites for hydroxylation is 2. The Hall–Kier alpha value is -1.28. The Kier molecular flexibility index (Phi) is 3.36. The molecule has 1 aromatic carbocycles. The molecule has 1 aromatic heterocycles. The van der Waals surface area contributed by atoms with Crippen LogP contribution in [0.4, 0.5) is 0 Å². The summed E-state index contributed by atoms with van der Waals surface area (Å²) in [6.45, 7) is 5.15. The molecule has 1 aliphatic rings. The summed E-state index contributed by atoms with van der Waals surface area (Å²) >= 11 is 0. The van der Waals surface area contributed by atoms with Gasteiger partial charge in [0.1, 0.15) is 0 Å². The molecule has 0 bridgehead atoms. The van der Waals surface area contributed by atoms with Crippen LogP contribution < -0.4 is 5.73 Å². The number of hydrogen-bond acceptors (Lipinski definition) is 1. The van der Waals surface area contributed by atoms with Crippen molar-refractivity contribution in [3.63, 3.8) is 0 Å². The molecular formula is C17H24N2. The summed E-state index contributed by atoms with van der Waals surface area (Å²) in [7, 11) is 0. The average Bonchev–Trinajstić information content (AvgIpc) is 3.01. The molecular weight excluding hydrogens is 232 g/mol. The van der Waals surface area contributed by atoms with Gasteiger partial charge in [0.25, 0.3) is 0 Å². The summed E-state index contributed by atoms with van der Waals surface area (Å²) in [5, 5.41) is 1.39. The summed E-state index contributed by atoms with van der Waals surface area (Å²) in [5.74, 6) is 1.31. The van der Waals surface area contributed by atoms with E-state index in [0.29, 0.717) is 5.92 Å². The van der Waals surface area contributed by atoms with Crippen molar-refractivity contribution in [3.05, 3.63) is 35.0 Å². The number of nitrogens with two attached hydrogens (primary N) is 1. The molecule has 2 heteroatoms. The molecule has 3 N–H and O–H groups in total. The second-order valence-electron chi connectivity index (χ2n) is 6.05. The highest BCUT2D eigenvalue weighted by Gasteiger charge is 2.28. The molecule has 2 nitrogen and oxygen atoms in total. The molecule has 3 rings (SSSR count). The Morgan fingerprint density at radius 3 is 2.68 bits per heavy atom. The van der Waals surface area contributed by atoms with Crippen molar-refractivity contribution in [2.45, 2.75) is 45.4 Å². The zero-order valence-corrected chi connectivity index (χ0v) is 12.0. The lowest BCUT2D eigenvalue weighted by molar-refractivity contribution is 0.441. The molecule has 1 fully saturated rings. The van der Waals surface area contributed by atoms with Crippen LogP contribution in [0.2, 0.25) is 0 Å². The Balaban J connectivity index is 2.12. The van der Waals surface area contributed by atoms with Crippen molar-refractivity contribution >= 4 is 10.9 Å². The summed E-state index contributed by atoms with van der Waals surface area (Å²) in [5.41, 5.74) is 11.5. The fraction of sp³-hybridized carbons (Fsp3) is 0.529. The highest BCUT2D eigenvalue weighted by Crippen LogP contribution is 2.41. The number of benzene rings is 1. The highest BCUT2D eigenvalue weighted by atomic mass is 14.7. The van der Waals surface area contributed by atoms with Crippen LogP contribution in [0.15, 0.2) is 18.2 Å². The van der Waals surface area contributed by atoms with E-state index >= 15 is 0 Å². The second kappa shape index (κ2) is 5.01. The fourth-order valence-corrected chi connectivity index (χ4v) is 3.90. The normalized spacial score (nSPS) is 18.3. The first-order valence-corrected chi connectivity index (χ1v) is 7.50. The molecule has 0 aliphatic heterocycles. The van der Waals surface area contributed by atoms with Crippen LogP contribution in [0.1, 0.15) is 48.4 Å². The first-order valence-electron chi connectivity index (χ1n) is 7.50. The van der Waals surface area contributed by atoms with E-state index in [0.717, 1.165) is 12.5 Å². The van der Waals surface area contributed by atoms with Gasteiger partial charge in [-0.1, -0.05) is 31.0 Å². The van der Waals surface area contributed by atoms with Crippen molar-refractivity contribution in [1.82, 2.24) is 4.98 Å². The van der Waals surface area contributed by atoms with E-state index in [1.54, 1.807) is 0 Å². The average molecular weight is 256 g/mol. The van der Waals surface area contributed by atoms with Gasteiger partial charge in [-0.2, -0.15) is 0 Å². The van der Waals surface area contributed by atoms with E-state index in [2.05, 4.69) is 37.0 Å². The number of nitrogens with one attached hydrogen (secondary N) is 1. The molecule has 0 radical (unpaired) electrons. The van der Waals surface area contributed by atoms with Crippen molar-refractivity contribution in [2.24, 2.45) is 11.7 Å². The van der Waals surface area contributed by atoms with Gasteiger partial charge >= 0.3 is 0 Å². The van der Waals surface area contributed by atoms with Gasteiger partial charge in [-0.25, -0.2) is 0 Å². The van der Waals surface area contributed by atoms with Gasteiger partial charge in [0.15, 0.2) is 0 Å². The monoisotopic (exact) mass is 256 g/mol. The maximum atomic E-state index is 6.13. The maximum absolute atomic E-state index is 6.13. The van der Waals surface area contributed by atoms with Crippen LogP contribution in [0, 0.1) is 19.8 Å². The van der Waals surface area contributed by atoms with Gasteiger partial charge in [-0.15, -0.1) is 0 Å². The van der Waals surface area contributed by atoms with Crippen molar-refractivity contribution < 1.29 is 0 Å². The first kappa shape index (κ1) is 12.7. The summed E-state index contributed by atoms with van der Waals surface area (Å²) in [6, 6.07) is 6.59. The zero-order chi connectivity index (χ0) is 13.4. The topological polar surface area (TPSA) is 41.8 Å². The van der Waals surface area contributed by atoms with Gasteiger partial charge in [0.2, 0.25) is 0 Å². The lowest BCUT2D eigenvalue weighted by atomic mass is 9.83. The molecule has 1 unspecified atom stereocenters. The standard InChI is InChI=1S/C17H24N2/c1-11-6-5-9-14-16(12(2)19-17(11)14)15(10-18)13-7-3-4-8-13/h5-6,9,13,15,19H,3-4,7-8,10,18H2,1-2H3. The van der Waals surface area contributed by atoms with Crippen LogP contribution in [0.25, 0.3) is 10.9 Å². The number of aromatic amines is 1. The summed E-state index contributed by atoms with van der Waals surface area (Å²) in [6.07, 6.45) is 5.45. The number of rotatable bonds is 3. The van der Waals surface area contributed by atoms with Gasteiger partial charge < -0.3 is 10.7 Å². The number of para-hydroxylation sites is 1. The molecule has 19 heavy (non-hydrogen) atoms. The van der Waals surface area contributed by atoms with E-state index in [1.807, 2.05) is 0 Å². The minimum absolute atomic E-state index is 0.526. The summed E-state index contributed by atoms with van der Waals surface area (Å²) in [4.78, 5) is 3.58. The molecule has 1 aliphatic carbocycles. The van der Waals surface area contributed by atoms with E-state index < -0.39 is 0 Å². The Bertz CT molecular complexity index is 576. The third-order valence-corrected chi connectivity index (χ3v) is 4.87. The fourth-order valence-electron chi connectivity index (χ4n) is 3.90. The van der Waals surface area contributed by atoms with E-state index in [-0.39, 0.29) is 0 Å². The third kappa shape index (κ3) is 2.08. The number of fused-ring (bicyclic) bond motifs is 1. The number of aromatic nitrogens is 1. The van der Waals surface area contributed by atoms with Crippen molar-refractivity contribution in [2.75, 3.05) is 6.54 Å². The minimum Gasteiger partial charge on any atom is -0.358 e. The van der Waals surface area contributed by atoms with Crippen LogP contribution in [-0.2, 0) is 0 Å². The molecule has 0 saturated heterocycles. The summed E-state index contributed by atoms with van der Waals surface area (Å²) < 4.78 is 0. The smallest absolute Gasteiger partial charge is 0.0488 e. The molecule has 0 amide bonds. The van der Waals surface area contributed by atoms with Crippen molar-refractivity contribution in [1.29, 1.82) is 0 Å². The van der Waals surface area contributed by atoms with Crippen LogP contribution >= 0.6 is 0 Å². The molecule has 102 valence electrons. The first-order chi connectivity index (χ1) is 9.22. The van der Waals surface area contributed by atoms with Gasteiger partial charge in [-0.3, -0.25) is 0 Å². The van der Waals surface area contributed by atoms with Gasteiger partial charge in [-0.05, 0) is 50.3 Å². The highest BCUT2D eigenvalue weighted by molar-refractivity contribution is 5.87.